The molecule has 1 aliphatic carbocycles. The Hall–Kier alpha value is -1.23. The van der Waals surface area contributed by atoms with E-state index in [9.17, 15) is 8.78 Å². The molecule has 0 saturated heterocycles. The quantitative estimate of drug-likeness (QED) is 0.795. The summed E-state index contributed by atoms with van der Waals surface area (Å²) < 4.78 is 27.6. The first-order chi connectivity index (χ1) is 6.55. The van der Waals surface area contributed by atoms with Crippen molar-refractivity contribution < 1.29 is 8.78 Å². The van der Waals surface area contributed by atoms with Gasteiger partial charge in [-0.1, -0.05) is 6.58 Å². The van der Waals surface area contributed by atoms with Crippen LogP contribution in [-0.2, 0) is 5.41 Å². The second-order valence-corrected chi connectivity index (χ2v) is 3.56. The van der Waals surface area contributed by atoms with Gasteiger partial charge in [-0.2, -0.15) is 5.10 Å². The fraction of sp³-hybridized carbons (Fsp3) is 0.444. The maximum absolute atomic E-state index is 13.1. The molecule has 1 unspecified atom stereocenters. The molecule has 1 aliphatic rings. The third kappa shape index (κ3) is 1.02. The molecule has 2 rings (SSSR count). The van der Waals surface area contributed by atoms with Gasteiger partial charge in [-0.05, 0) is 0 Å². The summed E-state index contributed by atoms with van der Waals surface area (Å²) in [5.74, 6) is -2.68. The monoisotopic (exact) mass is 199 g/mol. The summed E-state index contributed by atoms with van der Waals surface area (Å²) in [6.07, 6.45) is 4.24. The molecule has 0 amide bonds. The third-order valence-electron chi connectivity index (χ3n) is 2.79. The van der Waals surface area contributed by atoms with Crippen molar-refractivity contribution in [2.24, 2.45) is 5.73 Å². The van der Waals surface area contributed by atoms with E-state index in [0.29, 0.717) is 5.56 Å². The van der Waals surface area contributed by atoms with Gasteiger partial charge in [0.15, 0.2) is 0 Å². The normalized spacial score (nSPS) is 28.8. The number of hydrogen-bond donors (Lipinski definition) is 1. The zero-order chi connectivity index (χ0) is 10.4. The van der Waals surface area contributed by atoms with Crippen molar-refractivity contribution in [2.45, 2.75) is 17.8 Å². The van der Waals surface area contributed by atoms with Crippen LogP contribution in [0.25, 0.3) is 6.20 Å². The van der Waals surface area contributed by atoms with E-state index < -0.39 is 11.3 Å². The van der Waals surface area contributed by atoms with Crippen LogP contribution in [-0.4, -0.2) is 22.2 Å². The third-order valence-corrected chi connectivity index (χ3v) is 2.79. The minimum atomic E-state index is -2.68. The number of nitrogens with zero attached hydrogens (tertiary/aromatic N) is 2. The van der Waals surface area contributed by atoms with Gasteiger partial charge in [0.05, 0.1) is 11.6 Å². The van der Waals surface area contributed by atoms with E-state index in [0.717, 1.165) is 0 Å². The lowest BCUT2D eigenvalue weighted by molar-refractivity contribution is 0.0896. The molecule has 76 valence electrons. The van der Waals surface area contributed by atoms with Crippen molar-refractivity contribution in [3.63, 3.8) is 0 Å². The number of alkyl halides is 2. The van der Waals surface area contributed by atoms with Gasteiger partial charge >= 0.3 is 0 Å². The summed E-state index contributed by atoms with van der Waals surface area (Å²) in [4.78, 5) is 0. The van der Waals surface area contributed by atoms with E-state index in [2.05, 4.69) is 11.7 Å². The largest absolute Gasteiger partial charge is 0.329 e. The second-order valence-electron chi connectivity index (χ2n) is 3.56. The Morgan fingerprint density at radius 2 is 2.36 bits per heavy atom. The number of halogens is 2. The van der Waals surface area contributed by atoms with Crippen molar-refractivity contribution in [3.8, 4) is 0 Å². The highest BCUT2D eigenvalue weighted by molar-refractivity contribution is 5.37. The summed E-state index contributed by atoms with van der Waals surface area (Å²) >= 11 is 0. The summed E-state index contributed by atoms with van der Waals surface area (Å²) in [5.41, 5.74) is 4.69. The Balaban J connectivity index is 2.35. The van der Waals surface area contributed by atoms with Gasteiger partial charge in [0.2, 0.25) is 0 Å². The topological polar surface area (TPSA) is 43.8 Å². The number of hydrogen-bond acceptors (Lipinski definition) is 2. The zero-order valence-electron chi connectivity index (χ0n) is 7.58. The molecule has 1 atom stereocenters. The van der Waals surface area contributed by atoms with Crippen LogP contribution in [0.3, 0.4) is 0 Å². The van der Waals surface area contributed by atoms with Crippen LogP contribution in [0.1, 0.15) is 12.0 Å². The average molecular weight is 199 g/mol. The second kappa shape index (κ2) is 2.63. The first-order valence-electron chi connectivity index (χ1n) is 4.31. The number of nitrogens with two attached hydrogens (primary N) is 1. The zero-order valence-corrected chi connectivity index (χ0v) is 7.58. The first-order valence-corrected chi connectivity index (χ1v) is 4.31. The molecule has 0 spiro atoms. The molecule has 0 aliphatic heterocycles. The first kappa shape index (κ1) is 9.33. The predicted octanol–water partition coefficient (Wildman–Crippen LogP) is 1.22. The van der Waals surface area contributed by atoms with E-state index in [4.69, 9.17) is 5.73 Å². The molecular weight excluding hydrogens is 188 g/mol. The smallest absolute Gasteiger partial charge is 0.260 e. The molecule has 3 nitrogen and oxygen atoms in total. The fourth-order valence-corrected chi connectivity index (χ4v) is 1.67. The van der Waals surface area contributed by atoms with Gasteiger partial charge in [-0.25, -0.2) is 13.5 Å². The maximum atomic E-state index is 13.1. The summed E-state index contributed by atoms with van der Waals surface area (Å²) in [7, 11) is 0. The minimum Gasteiger partial charge on any atom is -0.329 e. The highest BCUT2D eigenvalue weighted by Gasteiger charge is 2.71. The molecule has 2 N–H and O–H groups in total. The highest BCUT2D eigenvalue weighted by atomic mass is 19.3. The van der Waals surface area contributed by atoms with Crippen LogP contribution < -0.4 is 5.73 Å². The van der Waals surface area contributed by atoms with Crippen LogP contribution >= 0.6 is 0 Å². The molecular formula is C9H11F2N3. The molecule has 0 radical (unpaired) electrons. The fourth-order valence-electron chi connectivity index (χ4n) is 1.67. The lowest BCUT2D eigenvalue weighted by atomic mass is 9.99. The SMILES string of the molecule is C=Cn1cc(C2(CN)CC2(F)F)cn1. The van der Waals surface area contributed by atoms with Crippen LogP contribution in [0, 0.1) is 0 Å². The highest BCUT2D eigenvalue weighted by Crippen LogP contribution is 2.60. The molecule has 14 heavy (non-hydrogen) atoms. The maximum Gasteiger partial charge on any atom is 0.260 e. The van der Waals surface area contributed by atoms with Crippen molar-refractivity contribution in [1.82, 2.24) is 9.78 Å². The van der Waals surface area contributed by atoms with Crippen LogP contribution in [0.15, 0.2) is 19.0 Å². The van der Waals surface area contributed by atoms with Crippen LogP contribution in [0.4, 0.5) is 8.78 Å². The Morgan fingerprint density at radius 1 is 1.71 bits per heavy atom. The molecule has 5 heteroatoms. The summed E-state index contributed by atoms with van der Waals surface area (Å²) in [6.45, 7) is 3.44. The minimum absolute atomic E-state index is 0.0527. The van der Waals surface area contributed by atoms with Gasteiger partial charge in [-0.3, -0.25) is 0 Å². The van der Waals surface area contributed by atoms with E-state index in [-0.39, 0.29) is 13.0 Å². The molecule has 0 bridgehead atoms. The molecule has 0 aromatic carbocycles. The lowest BCUT2D eigenvalue weighted by Gasteiger charge is -2.10. The number of aromatic nitrogens is 2. The summed E-state index contributed by atoms with van der Waals surface area (Å²) in [5, 5.41) is 3.86. The van der Waals surface area contributed by atoms with Gasteiger partial charge in [0, 0.05) is 30.9 Å². The molecule has 1 aromatic rings. The Morgan fingerprint density at radius 3 is 2.71 bits per heavy atom. The average Bonchev–Trinajstić information content (AvgIpc) is 2.57. The van der Waals surface area contributed by atoms with E-state index in [1.54, 1.807) is 6.20 Å². The lowest BCUT2D eigenvalue weighted by Crippen LogP contribution is -2.26. The predicted molar refractivity (Wildman–Crippen MR) is 48.9 cm³/mol. The summed E-state index contributed by atoms with van der Waals surface area (Å²) in [6, 6.07) is 0. The molecule has 1 saturated carbocycles. The molecule has 1 aromatic heterocycles. The van der Waals surface area contributed by atoms with Crippen molar-refractivity contribution in [2.75, 3.05) is 6.54 Å². The van der Waals surface area contributed by atoms with Gasteiger partial charge < -0.3 is 5.73 Å². The van der Waals surface area contributed by atoms with Gasteiger partial charge in [-0.15, -0.1) is 0 Å². The Kier molecular flexibility index (Phi) is 1.75. The Labute approximate surface area is 80.2 Å². The van der Waals surface area contributed by atoms with Crippen LogP contribution in [0.5, 0.6) is 0 Å². The van der Waals surface area contributed by atoms with Crippen LogP contribution in [0.2, 0.25) is 0 Å². The van der Waals surface area contributed by atoms with E-state index >= 15 is 0 Å². The van der Waals surface area contributed by atoms with E-state index in [1.165, 1.54) is 17.1 Å². The van der Waals surface area contributed by atoms with Crippen molar-refractivity contribution in [3.05, 3.63) is 24.5 Å². The van der Waals surface area contributed by atoms with Gasteiger partial charge in [0.1, 0.15) is 0 Å². The molecule has 1 heterocycles. The Bertz CT molecular complexity index is 372. The van der Waals surface area contributed by atoms with Crippen molar-refractivity contribution >= 4 is 6.20 Å². The molecule has 1 fully saturated rings. The van der Waals surface area contributed by atoms with E-state index in [1.807, 2.05) is 0 Å². The number of rotatable bonds is 3. The van der Waals surface area contributed by atoms with Gasteiger partial charge in [0.25, 0.3) is 5.92 Å². The standard InChI is InChI=1S/C9H11F2N3/c1-2-14-4-7(3-13-14)8(6-12)5-9(8,10)11/h2-4H,1,5-6,12H2. The van der Waals surface area contributed by atoms with Crippen molar-refractivity contribution in [1.29, 1.82) is 0 Å².